The number of rotatable bonds is 10. The van der Waals surface area contributed by atoms with Gasteiger partial charge in [-0.25, -0.2) is 9.97 Å². The Labute approximate surface area is 168 Å². The second kappa shape index (κ2) is 11.5. The van der Waals surface area contributed by atoms with E-state index < -0.39 is 0 Å². The molecule has 0 spiro atoms. The molecule has 0 saturated carbocycles. The lowest BCUT2D eigenvalue weighted by atomic mass is 10.1. The molecule has 0 aliphatic carbocycles. The zero-order valence-corrected chi connectivity index (χ0v) is 17.3. The third kappa shape index (κ3) is 6.33. The molecule has 2 aromatic rings. The maximum atomic E-state index is 6.08. The van der Waals surface area contributed by atoms with Crippen molar-refractivity contribution in [2.24, 2.45) is 0 Å². The third-order valence-electron chi connectivity index (χ3n) is 5.33. The number of hydrogen-bond acceptors (Lipinski definition) is 5. The van der Waals surface area contributed by atoms with Gasteiger partial charge in [0.1, 0.15) is 11.3 Å². The number of nitrogens with two attached hydrogens (primary N) is 1. The normalized spacial score (nSPS) is 15.1. The number of aryl methyl sites for hydroxylation is 1. The number of aromatic nitrogens is 3. The molecule has 7 heteroatoms. The number of methoxy groups -OCH3 is 1. The van der Waals surface area contributed by atoms with E-state index in [0.29, 0.717) is 18.8 Å². The SMILES string of the molecule is COCCc1nc(N)c2[nH]cc(CCCCCCN3CCCCC3)c2n1.Cl. The van der Waals surface area contributed by atoms with E-state index in [1.54, 1.807) is 7.11 Å². The molecule has 3 rings (SSSR count). The Morgan fingerprint density at radius 2 is 1.85 bits per heavy atom. The van der Waals surface area contributed by atoms with Crippen LogP contribution < -0.4 is 5.73 Å². The monoisotopic (exact) mass is 395 g/mol. The zero-order valence-electron chi connectivity index (χ0n) is 16.5. The van der Waals surface area contributed by atoms with Crippen LogP contribution in [0.5, 0.6) is 0 Å². The molecule has 0 atom stereocenters. The third-order valence-corrected chi connectivity index (χ3v) is 5.33. The number of H-pyrrole nitrogens is 1. The number of ether oxygens (including phenoxy) is 1. The minimum absolute atomic E-state index is 0. The van der Waals surface area contributed by atoms with Crippen LogP contribution >= 0.6 is 12.4 Å². The lowest BCUT2D eigenvalue weighted by Crippen LogP contribution is -2.30. The summed E-state index contributed by atoms with van der Waals surface area (Å²) in [6.07, 6.45) is 13.1. The number of likely N-dealkylation sites (tertiary alicyclic amines) is 1. The maximum Gasteiger partial charge on any atom is 0.151 e. The molecular weight excluding hydrogens is 362 g/mol. The lowest BCUT2D eigenvalue weighted by Gasteiger charge is -2.26. The summed E-state index contributed by atoms with van der Waals surface area (Å²) >= 11 is 0. The quantitative estimate of drug-likeness (QED) is 0.599. The van der Waals surface area contributed by atoms with Gasteiger partial charge in [0.15, 0.2) is 5.82 Å². The predicted octanol–water partition coefficient (Wildman–Crippen LogP) is 3.74. The molecule has 27 heavy (non-hydrogen) atoms. The molecule has 3 N–H and O–H groups in total. The largest absolute Gasteiger partial charge is 0.384 e. The minimum Gasteiger partial charge on any atom is -0.384 e. The van der Waals surface area contributed by atoms with E-state index in [-0.39, 0.29) is 12.4 Å². The number of nitrogens with zero attached hydrogens (tertiary/aromatic N) is 3. The van der Waals surface area contributed by atoms with E-state index in [1.165, 1.54) is 70.1 Å². The van der Waals surface area contributed by atoms with E-state index >= 15 is 0 Å². The van der Waals surface area contributed by atoms with Crippen LogP contribution in [0.25, 0.3) is 11.0 Å². The van der Waals surface area contributed by atoms with Crippen molar-refractivity contribution in [3.63, 3.8) is 0 Å². The maximum absolute atomic E-state index is 6.08. The van der Waals surface area contributed by atoms with E-state index in [0.717, 1.165) is 23.3 Å². The van der Waals surface area contributed by atoms with Crippen LogP contribution in [0, 0.1) is 0 Å². The number of nitrogen functional groups attached to an aromatic ring is 1. The van der Waals surface area contributed by atoms with Crippen LogP contribution in [0.15, 0.2) is 6.20 Å². The second-order valence-corrected chi connectivity index (χ2v) is 7.37. The van der Waals surface area contributed by atoms with E-state index in [9.17, 15) is 0 Å². The number of unbranched alkanes of at least 4 members (excludes halogenated alkanes) is 3. The molecule has 1 aliphatic heterocycles. The fraction of sp³-hybridized carbons (Fsp3) is 0.700. The van der Waals surface area contributed by atoms with Crippen LogP contribution in [0.3, 0.4) is 0 Å². The van der Waals surface area contributed by atoms with Crippen molar-refractivity contribution in [2.45, 2.75) is 57.8 Å². The average Bonchev–Trinajstić information content (AvgIpc) is 3.07. The molecule has 0 unspecified atom stereocenters. The molecule has 0 bridgehead atoms. The number of fused-ring (bicyclic) bond motifs is 1. The van der Waals surface area contributed by atoms with Gasteiger partial charge in [0.2, 0.25) is 0 Å². The molecule has 1 fully saturated rings. The first-order chi connectivity index (χ1) is 12.8. The first-order valence-corrected chi connectivity index (χ1v) is 10.1. The Morgan fingerprint density at radius 3 is 2.63 bits per heavy atom. The summed E-state index contributed by atoms with van der Waals surface area (Å²) in [5, 5.41) is 0. The van der Waals surface area contributed by atoms with Crippen LogP contribution in [0.4, 0.5) is 5.82 Å². The van der Waals surface area contributed by atoms with Gasteiger partial charge in [0, 0.05) is 19.7 Å². The first kappa shape index (κ1) is 21.9. The fourth-order valence-corrected chi connectivity index (χ4v) is 3.81. The summed E-state index contributed by atoms with van der Waals surface area (Å²) in [6.45, 7) is 4.51. The number of nitrogens with one attached hydrogen (secondary N) is 1. The molecule has 1 saturated heterocycles. The van der Waals surface area contributed by atoms with Crippen LogP contribution in [-0.2, 0) is 17.6 Å². The van der Waals surface area contributed by atoms with Crippen molar-refractivity contribution in [2.75, 3.05) is 39.1 Å². The summed E-state index contributed by atoms with van der Waals surface area (Å²) in [4.78, 5) is 14.9. The van der Waals surface area contributed by atoms with Crippen molar-refractivity contribution in [3.8, 4) is 0 Å². The highest BCUT2D eigenvalue weighted by Gasteiger charge is 2.12. The van der Waals surface area contributed by atoms with Gasteiger partial charge < -0.3 is 20.4 Å². The summed E-state index contributed by atoms with van der Waals surface area (Å²) in [5.74, 6) is 1.30. The number of piperidine rings is 1. The molecule has 0 aromatic carbocycles. The number of anilines is 1. The highest BCUT2D eigenvalue weighted by atomic mass is 35.5. The Hall–Kier alpha value is -1.37. The van der Waals surface area contributed by atoms with Crippen molar-refractivity contribution >= 4 is 29.3 Å². The van der Waals surface area contributed by atoms with Crippen molar-refractivity contribution in [1.82, 2.24) is 19.9 Å². The van der Waals surface area contributed by atoms with E-state index in [1.807, 2.05) is 6.20 Å². The summed E-state index contributed by atoms with van der Waals surface area (Å²) in [5.41, 5.74) is 9.18. The van der Waals surface area contributed by atoms with Crippen LogP contribution in [-0.4, -0.2) is 53.2 Å². The van der Waals surface area contributed by atoms with Gasteiger partial charge in [-0.3, -0.25) is 0 Å². The van der Waals surface area contributed by atoms with Gasteiger partial charge in [-0.15, -0.1) is 12.4 Å². The van der Waals surface area contributed by atoms with Crippen molar-refractivity contribution in [3.05, 3.63) is 17.6 Å². The number of aromatic amines is 1. The molecule has 6 nitrogen and oxygen atoms in total. The van der Waals surface area contributed by atoms with E-state index in [2.05, 4.69) is 14.9 Å². The molecule has 0 amide bonds. The smallest absolute Gasteiger partial charge is 0.151 e. The Morgan fingerprint density at radius 1 is 1.07 bits per heavy atom. The summed E-state index contributed by atoms with van der Waals surface area (Å²) < 4.78 is 5.12. The highest BCUT2D eigenvalue weighted by molar-refractivity contribution is 5.87. The van der Waals surface area contributed by atoms with Crippen LogP contribution in [0.2, 0.25) is 0 Å². The summed E-state index contributed by atoms with van der Waals surface area (Å²) in [7, 11) is 1.69. The molecular formula is C20H34ClN5O. The summed E-state index contributed by atoms with van der Waals surface area (Å²) in [6, 6.07) is 0. The lowest BCUT2D eigenvalue weighted by molar-refractivity contribution is 0.200. The minimum atomic E-state index is 0. The molecule has 152 valence electrons. The van der Waals surface area contributed by atoms with E-state index in [4.69, 9.17) is 15.5 Å². The fourth-order valence-electron chi connectivity index (χ4n) is 3.81. The van der Waals surface area contributed by atoms with Crippen molar-refractivity contribution in [1.29, 1.82) is 0 Å². The van der Waals surface area contributed by atoms with Crippen LogP contribution in [0.1, 0.15) is 56.3 Å². The topological polar surface area (TPSA) is 80.1 Å². The predicted molar refractivity (Wildman–Crippen MR) is 114 cm³/mol. The molecule has 1 aliphatic rings. The van der Waals surface area contributed by atoms with Crippen molar-refractivity contribution < 1.29 is 4.74 Å². The number of halogens is 1. The highest BCUT2D eigenvalue weighted by Crippen LogP contribution is 2.22. The van der Waals surface area contributed by atoms with Gasteiger partial charge in [0.05, 0.1) is 12.1 Å². The Balaban J connectivity index is 0.00000261. The standard InChI is InChI=1S/C20H33N5O.ClH/c1-26-14-10-17-23-18-16(15-22-19(18)20(21)24-17)9-5-2-3-6-11-25-12-7-4-8-13-25;/h15,22H,2-14H2,1H3,(H2,21,23,24);1H. The van der Waals surface area contributed by atoms with Gasteiger partial charge in [-0.1, -0.05) is 19.3 Å². The Bertz CT molecular complexity index is 684. The Kier molecular flexibility index (Phi) is 9.31. The van der Waals surface area contributed by atoms with Gasteiger partial charge >= 0.3 is 0 Å². The average molecular weight is 396 g/mol. The first-order valence-electron chi connectivity index (χ1n) is 10.1. The van der Waals surface area contributed by atoms with Gasteiger partial charge in [-0.05, 0) is 57.3 Å². The van der Waals surface area contributed by atoms with Gasteiger partial charge in [-0.2, -0.15) is 0 Å². The zero-order chi connectivity index (χ0) is 18.2. The molecule has 0 radical (unpaired) electrons. The molecule has 3 heterocycles. The second-order valence-electron chi connectivity index (χ2n) is 7.37. The van der Waals surface area contributed by atoms with Gasteiger partial charge in [0.25, 0.3) is 0 Å². The number of hydrogen-bond donors (Lipinski definition) is 2. The molecule has 2 aromatic heterocycles.